The van der Waals surface area contributed by atoms with Gasteiger partial charge in [0.05, 0.1) is 0 Å². The van der Waals surface area contributed by atoms with Crippen molar-refractivity contribution in [2.45, 2.75) is 25.5 Å². The quantitative estimate of drug-likeness (QED) is 0.414. The summed E-state index contributed by atoms with van der Waals surface area (Å²) >= 11 is 0. The summed E-state index contributed by atoms with van der Waals surface area (Å²) in [6.45, 7) is 0. The Morgan fingerprint density at radius 3 is 2.43 bits per heavy atom. The highest BCUT2D eigenvalue weighted by Crippen LogP contribution is 2.28. The van der Waals surface area contributed by atoms with Gasteiger partial charge in [-0.25, -0.2) is 0 Å². The standard InChI is InChI=1S/C4H7BO2/c1-2-4-6-5(3-1)7-4/h4H,1-3H2. The Balaban J connectivity index is 1.99. The first kappa shape index (κ1) is 3.92. The highest BCUT2D eigenvalue weighted by molar-refractivity contribution is 6.46. The topological polar surface area (TPSA) is 18.5 Å². The molecule has 0 aliphatic carbocycles. The average Bonchev–Trinajstić information content (AvgIpc) is 1.67. The summed E-state index contributed by atoms with van der Waals surface area (Å²) in [7, 11) is 0.179. The highest BCUT2D eigenvalue weighted by atomic mass is 16.8. The molecular weight excluding hydrogens is 90.9 g/mol. The molecule has 0 amide bonds. The highest BCUT2D eigenvalue weighted by Gasteiger charge is 2.39. The van der Waals surface area contributed by atoms with Gasteiger partial charge in [0.2, 0.25) is 0 Å². The van der Waals surface area contributed by atoms with E-state index in [-0.39, 0.29) is 13.4 Å². The molecule has 3 aliphatic rings. The Morgan fingerprint density at radius 1 is 1.43 bits per heavy atom. The van der Waals surface area contributed by atoms with Crippen LogP contribution in [0.15, 0.2) is 0 Å². The minimum atomic E-state index is 0.179. The molecule has 2 bridgehead atoms. The number of hydrogen-bond acceptors (Lipinski definition) is 2. The van der Waals surface area contributed by atoms with Gasteiger partial charge in [-0.15, -0.1) is 0 Å². The maximum absolute atomic E-state index is 5.15. The Labute approximate surface area is 42.9 Å². The van der Waals surface area contributed by atoms with E-state index >= 15 is 0 Å². The second-order valence-corrected chi connectivity index (χ2v) is 2.06. The van der Waals surface area contributed by atoms with Crippen molar-refractivity contribution in [3.63, 3.8) is 0 Å². The fourth-order valence-electron chi connectivity index (χ4n) is 1.07. The fourth-order valence-corrected chi connectivity index (χ4v) is 1.07. The van der Waals surface area contributed by atoms with Gasteiger partial charge >= 0.3 is 7.12 Å². The third kappa shape index (κ3) is 0.486. The number of rotatable bonds is 0. The van der Waals surface area contributed by atoms with Crippen LogP contribution in [0.2, 0.25) is 6.32 Å². The summed E-state index contributed by atoms with van der Waals surface area (Å²) < 4.78 is 10.3. The van der Waals surface area contributed by atoms with Crippen molar-refractivity contribution in [3.8, 4) is 0 Å². The van der Waals surface area contributed by atoms with E-state index in [2.05, 4.69) is 0 Å². The van der Waals surface area contributed by atoms with Crippen molar-refractivity contribution in [3.05, 3.63) is 0 Å². The third-order valence-electron chi connectivity index (χ3n) is 1.49. The van der Waals surface area contributed by atoms with Gasteiger partial charge in [-0.1, -0.05) is 6.42 Å². The van der Waals surface area contributed by atoms with Crippen molar-refractivity contribution in [1.82, 2.24) is 0 Å². The van der Waals surface area contributed by atoms with Crippen molar-refractivity contribution in [2.75, 3.05) is 0 Å². The van der Waals surface area contributed by atoms with E-state index in [1.54, 1.807) is 0 Å². The largest absolute Gasteiger partial charge is 0.460 e. The maximum Gasteiger partial charge on any atom is 0.460 e. The van der Waals surface area contributed by atoms with E-state index in [0.29, 0.717) is 0 Å². The van der Waals surface area contributed by atoms with Gasteiger partial charge in [0, 0.05) is 0 Å². The first-order valence-corrected chi connectivity index (χ1v) is 2.76. The Kier molecular flexibility index (Phi) is 0.691. The van der Waals surface area contributed by atoms with Crippen LogP contribution < -0.4 is 0 Å². The summed E-state index contributed by atoms with van der Waals surface area (Å²) in [4.78, 5) is 0. The van der Waals surface area contributed by atoms with Crippen LogP contribution in [0.1, 0.15) is 12.8 Å². The van der Waals surface area contributed by atoms with E-state index in [9.17, 15) is 0 Å². The Hall–Kier alpha value is -0.0151. The van der Waals surface area contributed by atoms with Crippen molar-refractivity contribution >= 4 is 7.12 Å². The molecule has 0 saturated carbocycles. The predicted molar refractivity (Wildman–Crippen MR) is 25.8 cm³/mol. The molecule has 2 nitrogen and oxygen atoms in total. The van der Waals surface area contributed by atoms with Crippen LogP contribution in [0, 0.1) is 0 Å². The summed E-state index contributed by atoms with van der Waals surface area (Å²) in [5, 5.41) is 0. The predicted octanol–water partition coefficient (Wildman–Crippen LogP) is 0.641. The van der Waals surface area contributed by atoms with E-state index in [0.717, 1.165) is 12.7 Å². The third-order valence-corrected chi connectivity index (χ3v) is 1.49. The van der Waals surface area contributed by atoms with Gasteiger partial charge < -0.3 is 9.31 Å². The van der Waals surface area contributed by atoms with Gasteiger partial charge in [-0.2, -0.15) is 0 Å². The van der Waals surface area contributed by atoms with Crippen molar-refractivity contribution in [2.24, 2.45) is 0 Å². The lowest BCUT2D eigenvalue weighted by Gasteiger charge is -2.38. The zero-order chi connectivity index (χ0) is 4.69. The Bertz CT molecular complexity index is 66.2. The number of fused-ring (bicyclic) bond motifs is 2. The molecule has 3 aliphatic heterocycles. The molecule has 3 fully saturated rings. The molecule has 0 unspecified atom stereocenters. The molecular formula is C4H7BO2. The minimum Gasteiger partial charge on any atom is -0.386 e. The van der Waals surface area contributed by atoms with Gasteiger partial charge in [-0.05, 0) is 12.7 Å². The lowest BCUT2D eigenvalue weighted by Crippen LogP contribution is -2.48. The molecule has 0 radical (unpaired) electrons. The smallest absolute Gasteiger partial charge is 0.386 e. The van der Waals surface area contributed by atoms with Crippen LogP contribution in [-0.2, 0) is 9.31 Å². The average molecular weight is 97.9 g/mol. The van der Waals surface area contributed by atoms with Gasteiger partial charge in [-0.3, -0.25) is 0 Å². The lowest BCUT2D eigenvalue weighted by atomic mass is 9.75. The van der Waals surface area contributed by atoms with Crippen LogP contribution in [0.25, 0.3) is 0 Å². The molecule has 3 saturated heterocycles. The van der Waals surface area contributed by atoms with Crippen LogP contribution in [-0.4, -0.2) is 13.4 Å². The molecule has 0 spiro atoms. The molecule has 0 N–H and O–H groups in total. The molecule has 0 aromatic carbocycles. The zero-order valence-corrected chi connectivity index (χ0v) is 4.09. The minimum absolute atomic E-state index is 0.179. The molecule has 0 aromatic rings. The molecule has 0 aromatic heterocycles. The lowest BCUT2D eigenvalue weighted by molar-refractivity contribution is -0.132. The molecule has 3 heterocycles. The second kappa shape index (κ2) is 1.23. The molecule has 3 heteroatoms. The number of hydrogen-bond donors (Lipinski definition) is 0. The van der Waals surface area contributed by atoms with Crippen molar-refractivity contribution in [1.29, 1.82) is 0 Å². The maximum atomic E-state index is 5.15. The second-order valence-electron chi connectivity index (χ2n) is 2.06. The molecule has 7 heavy (non-hydrogen) atoms. The SMILES string of the molecule is C1CB2OC(C1)O2. The van der Waals surface area contributed by atoms with E-state index < -0.39 is 0 Å². The van der Waals surface area contributed by atoms with Gasteiger partial charge in [0.15, 0.2) is 0 Å². The van der Waals surface area contributed by atoms with E-state index in [1.165, 1.54) is 6.42 Å². The van der Waals surface area contributed by atoms with Gasteiger partial charge in [0.1, 0.15) is 6.29 Å². The monoisotopic (exact) mass is 98.1 g/mol. The van der Waals surface area contributed by atoms with Crippen LogP contribution in [0.5, 0.6) is 0 Å². The van der Waals surface area contributed by atoms with Crippen LogP contribution >= 0.6 is 0 Å². The normalized spacial score (nSPS) is 30.0. The molecule has 38 valence electrons. The van der Waals surface area contributed by atoms with Gasteiger partial charge in [0.25, 0.3) is 0 Å². The Morgan fingerprint density at radius 2 is 2.29 bits per heavy atom. The summed E-state index contributed by atoms with van der Waals surface area (Å²) in [5.74, 6) is 0. The summed E-state index contributed by atoms with van der Waals surface area (Å²) in [5.41, 5.74) is 0. The van der Waals surface area contributed by atoms with Crippen LogP contribution in [0.4, 0.5) is 0 Å². The summed E-state index contributed by atoms with van der Waals surface area (Å²) in [6.07, 6.45) is 3.68. The van der Waals surface area contributed by atoms with Crippen LogP contribution in [0.3, 0.4) is 0 Å². The zero-order valence-electron chi connectivity index (χ0n) is 4.09. The van der Waals surface area contributed by atoms with E-state index in [4.69, 9.17) is 9.31 Å². The summed E-state index contributed by atoms with van der Waals surface area (Å²) in [6, 6.07) is 0. The fraction of sp³-hybridized carbons (Fsp3) is 1.00. The van der Waals surface area contributed by atoms with E-state index in [1.807, 2.05) is 0 Å². The first-order valence-electron chi connectivity index (χ1n) is 2.76. The van der Waals surface area contributed by atoms with Crippen molar-refractivity contribution < 1.29 is 9.31 Å². The molecule has 0 atom stereocenters. The first-order chi connectivity index (χ1) is 3.45. The molecule has 3 rings (SSSR count).